The minimum absolute atomic E-state index is 0.0125. The van der Waals surface area contributed by atoms with Crippen molar-refractivity contribution in [3.05, 3.63) is 26.8 Å². The number of aromatic hydroxyl groups is 1. The zero-order chi connectivity index (χ0) is 23.0. The van der Waals surface area contributed by atoms with Crippen molar-refractivity contribution >= 4 is 51.6 Å². The lowest BCUT2D eigenvalue weighted by Gasteiger charge is -2.52. The number of fused-ring (bicyclic) bond motifs is 3. The van der Waals surface area contributed by atoms with Gasteiger partial charge in [0.05, 0.1) is 17.5 Å². The number of aliphatic hydroxyl groups is 1. The van der Waals surface area contributed by atoms with Crippen LogP contribution < -0.4 is 5.73 Å². The number of amides is 1. The molecule has 3 aliphatic rings. The Morgan fingerprint density at radius 3 is 2.42 bits per heavy atom. The Morgan fingerprint density at radius 2 is 1.84 bits per heavy atom. The fraction of sp³-hybridized carbons (Fsp3) is 0.476. The van der Waals surface area contributed by atoms with Crippen LogP contribution in [-0.4, -0.2) is 69.9 Å². The molecule has 4 rings (SSSR count). The van der Waals surface area contributed by atoms with Gasteiger partial charge < -0.3 is 15.9 Å². The van der Waals surface area contributed by atoms with Gasteiger partial charge in [0.2, 0.25) is 5.91 Å². The molecular formula is C21H21IN2O7. The number of hydrogen-bond acceptors (Lipinski definition) is 8. The summed E-state index contributed by atoms with van der Waals surface area (Å²) in [5, 5.41) is 21.7. The summed E-state index contributed by atoms with van der Waals surface area (Å²) in [4.78, 5) is 66.2. The van der Waals surface area contributed by atoms with Gasteiger partial charge in [-0.25, -0.2) is 0 Å². The summed E-state index contributed by atoms with van der Waals surface area (Å²) >= 11 is 2.04. The molecule has 0 spiro atoms. The van der Waals surface area contributed by atoms with Crippen molar-refractivity contribution < 1.29 is 34.2 Å². The minimum Gasteiger partial charge on any atom is -0.507 e. The highest BCUT2D eigenvalue weighted by Gasteiger charge is 2.69. The first kappa shape index (κ1) is 22.0. The Labute approximate surface area is 191 Å². The number of primary amides is 1. The third-order valence-electron chi connectivity index (χ3n) is 6.89. The molecule has 3 unspecified atom stereocenters. The van der Waals surface area contributed by atoms with Crippen LogP contribution in [0.4, 0.5) is 0 Å². The molecule has 2 saturated carbocycles. The van der Waals surface area contributed by atoms with Gasteiger partial charge in [-0.3, -0.25) is 28.9 Å². The first-order valence-electron chi connectivity index (χ1n) is 9.77. The Hall–Kier alpha value is -2.18. The quantitative estimate of drug-likeness (QED) is 0.334. The third-order valence-corrected chi connectivity index (χ3v) is 7.90. The lowest BCUT2D eigenvalue weighted by atomic mass is 9.52. The number of ketones is 4. The number of Topliss-reactive ketones (excluding diaryl/α,β-unsaturated/α-hetero) is 4. The molecule has 0 heterocycles. The van der Waals surface area contributed by atoms with Crippen LogP contribution in [0.2, 0.25) is 0 Å². The van der Waals surface area contributed by atoms with Gasteiger partial charge >= 0.3 is 0 Å². The molecule has 10 heteroatoms. The molecule has 31 heavy (non-hydrogen) atoms. The van der Waals surface area contributed by atoms with Crippen LogP contribution in [0.1, 0.15) is 22.3 Å². The SMILES string of the molecule is CN(C)[C@@H]1C(=O)C(C(N)=O)C(=O)[C@@]2(O)C(=O)C3C(=O)c4c(O)ccc(I)c4C[C@H]3CC12. The summed E-state index contributed by atoms with van der Waals surface area (Å²) in [7, 11) is 3.10. The summed E-state index contributed by atoms with van der Waals surface area (Å²) in [6.07, 6.45) is 0.328. The van der Waals surface area contributed by atoms with Crippen molar-refractivity contribution in [2.45, 2.75) is 24.5 Å². The monoisotopic (exact) mass is 540 g/mol. The number of carbonyl (C=O) groups is 5. The Balaban J connectivity index is 1.88. The lowest BCUT2D eigenvalue weighted by molar-refractivity contribution is -0.181. The summed E-state index contributed by atoms with van der Waals surface area (Å²) in [6.45, 7) is 0. The van der Waals surface area contributed by atoms with E-state index in [4.69, 9.17) is 5.73 Å². The van der Waals surface area contributed by atoms with E-state index in [1.54, 1.807) is 20.2 Å². The van der Waals surface area contributed by atoms with E-state index in [0.717, 1.165) is 3.57 Å². The Morgan fingerprint density at radius 1 is 1.19 bits per heavy atom. The maximum Gasteiger partial charge on any atom is 0.235 e. The normalized spacial score (nSPS) is 34.9. The topological polar surface area (TPSA) is 155 Å². The van der Waals surface area contributed by atoms with Crippen molar-refractivity contribution in [1.29, 1.82) is 0 Å². The van der Waals surface area contributed by atoms with E-state index in [9.17, 15) is 34.2 Å². The molecule has 0 bridgehead atoms. The maximum absolute atomic E-state index is 13.5. The van der Waals surface area contributed by atoms with E-state index < -0.39 is 64.4 Å². The summed E-state index contributed by atoms with van der Waals surface area (Å²) < 4.78 is 0.749. The number of rotatable bonds is 2. The number of benzene rings is 1. The second-order valence-electron chi connectivity index (χ2n) is 8.71. The summed E-state index contributed by atoms with van der Waals surface area (Å²) in [5.74, 6) is -10.2. The zero-order valence-corrected chi connectivity index (χ0v) is 19.0. The molecule has 1 aromatic carbocycles. The Bertz CT molecular complexity index is 1070. The molecule has 9 nitrogen and oxygen atoms in total. The molecule has 6 atom stereocenters. The van der Waals surface area contributed by atoms with E-state index in [1.165, 1.54) is 11.0 Å². The van der Waals surface area contributed by atoms with Crippen LogP contribution in [0.5, 0.6) is 5.75 Å². The largest absolute Gasteiger partial charge is 0.507 e. The number of phenols is 1. The number of phenolic OH excluding ortho intramolecular Hbond substituents is 1. The summed E-state index contributed by atoms with van der Waals surface area (Å²) in [5.41, 5.74) is 3.21. The second-order valence-corrected chi connectivity index (χ2v) is 9.87. The molecule has 164 valence electrons. The van der Waals surface area contributed by atoms with Crippen LogP contribution in [0, 0.1) is 27.2 Å². The lowest BCUT2D eigenvalue weighted by Crippen LogP contribution is -2.74. The highest BCUT2D eigenvalue weighted by molar-refractivity contribution is 14.1. The molecule has 0 saturated heterocycles. The van der Waals surface area contributed by atoms with E-state index in [1.807, 2.05) is 22.6 Å². The predicted molar refractivity (Wildman–Crippen MR) is 114 cm³/mol. The fourth-order valence-electron chi connectivity index (χ4n) is 5.57. The number of likely N-dealkylation sites (N-methyl/N-ethyl adjacent to an activating group) is 1. The Kier molecular flexibility index (Phi) is 5.10. The highest BCUT2D eigenvalue weighted by Crippen LogP contribution is 2.50. The van der Waals surface area contributed by atoms with Crippen LogP contribution >= 0.6 is 22.6 Å². The molecule has 0 aliphatic heterocycles. The smallest absolute Gasteiger partial charge is 0.235 e. The van der Waals surface area contributed by atoms with Gasteiger partial charge in [-0.05, 0) is 73.1 Å². The fourth-order valence-corrected chi connectivity index (χ4v) is 6.24. The average molecular weight is 540 g/mol. The number of halogens is 1. The van der Waals surface area contributed by atoms with Crippen molar-refractivity contribution in [2.24, 2.45) is 29.4 Å². The number of nitrogens with two attached hydrogens (primary N) is 1. The molecule has 1 aromatic rings. The third kappa shape index (κ3) is 2.84. The van der Waals surface area contributed by atoms with Crippen LogP contribution in [0.25, 0.3) is 0 Å². The van der Waals surface area contributed by atoms with Crippen molar-refractivity contribution in [1.82, 2.24) is 4.90 Å². The molecule has 2 fully saturated rings. The van der Waals surface area contributed by atoms with Gasteiger partial charge in [0.25, 0.3) is 0 Å². The van der Waals surface area contributed by atoms with E-state index in [0.29, 0.717) is 5.56 Å². The molecule has 0 radical (unpaired) electrons. The van der Waals surface area contributed by atoms with Crippen molar-refractivity contribution in [3.8, 4) is 5.75 Å². The van der Waals surface area contributed by atoms with Crippen LogP contribution in [-0.2, 0) is 25.6 Å². The standard InChI is InChI=1S/C21H21IN2O7/c1-24(2)15-9-6-7-5-8-10(22)3-4-11(25)13(8)16(26)12(7)18(28)21(9,31)19(29)14(17(15)27)20(23)30/h3-4,7,9,12,14-15,25,31H,5-6H2,1-2H3,(H2,23,30)/t7-,9?,12?,14?,15-,21-/m0/s1. The molecule has 1 amide bonds. The van der Waals surface area contributed by atoms with E-state index in [-0.39, 0.29) is 24.2 Å². The van der Waals surface area contributed by atoms with Crippen LogP contribution in [0.3, 0.4) is 0 Å². The molecule has 0 aromatic heterocycles. The first-order chi connectivity index (χ1) is 14.4. The van der Waals surface area contributed by atoms with Gasteiger partial charge in [0.1, 0.15) is 5.75 Å². The zero-order valence-electron chi connectivity index (χ0n) is 16.8. The van der Waals surface area contributed by atoms with E-state index in [2.05, 4.69) is 0 Å². The molecule has 3 aliphatic carbocycles. The predicted octanol–water partition coefficient (Wildman–Crippen LogP) is -0.528. The highest BCUT2D eigenvalue weighted by atomic mass is 127. The van der Waals surface area contributed by atoms with Crippen molar-refractivity contribution in [3.63, 3.8) is 0 Å². The maximum atomic E-state index is 13.5. The first-order valence-corrected chi connectivity index (χ1v) is 10.9. The van der Waals surface area contributed by atoms with Crippen molar-refractivity contribution in [2.75, 3.05) is 14.1 Å². The number of nitrogens with zero attached hydrogens (tertiary/aromatic N) is 1. The average Bonchev–Trinajstić information content (AvgIpc) is 2.67. The second kappa shape index (κ2) is 7.17. The number of carbonyl (C=O) groups excluding carboxylic acids is 5. The van der Waals surface area contributed by atoms with Gasteiger partial charge in [-0.15, -0.1) is 0 Å². The molecule has 4 N–H and O–H groups in total. The van der Waals surface area contributed by atoms with Gasteiger partial charge in [0, 0.05) is 9.49 Å². The summed E-state index contributed by atoms with van der Waals surface area (Å²) in [6, 6.07) is 1.93. The number of hydrogen-bond donors (Lipinski definition) is 3. The van der Waals surface area contributed by atoms with Gasteiger partial charge in [-0.2, -0.15) is 0 Å². The van der Waals surface area contributed by atoms with E-state index >= 15 is 0 Å². The minimum atomic E-state index is -2.69. The van der Waals surface area contributed by atoms with Gasteiger partial charge in [-0.1, -0.05) is 0 Å². The van der Waals surface area contributed by atoms with Crippen LogP contribution in [0.15, 0.2) is 12.1 Å². The molecular weight excluding hydrogens is 519 g/mol. The van der Waals surface area contributed by atoms with Gasteiger partial charge in [0.15, 0.2) is 34.7 Å².